The highest BCUT2D eigenvalue weighted by Crippen LogP contribution is 2.35. The van der Waals surface area contributed by atoms with Crippen molar-refractivity contribution in [2.75, 3.05) is 11.4 Å². The number of rotatable bonds is 4. The van der Waals surface area contributed by atoms with Crippen LogP contribution in [0.1, 0.15) is 33.6 Å². The SMILES string of the molecule is CC(C)(C)OC(=O)C1(N)CC(=O)N(CCC(=O)O)c2ccccc2O1. The zero-order chi connectivity index (χ0) is 18.8. The second-order valence-electron chi connectivity index (χ2n) is 6.83. The number of carbonyl (C=O) groups excluding carboxylic acids is 2. The molecule has 1 unspecified atom stereocenters. The Morgan fingerprint density at radius 2 is 2.00 bits per heavy atom. The number of benzene rings is 1. The zero-order valence-corrected chi connectivity index (χ0v) is 14.4. The fraction of sp³-hybridized carbons (Fsp3) is 0.471. The Morgan fingerprint density at radius 3 is 2.60 bits per heavy atom. The molecule has 1 aliphatic rings. The van der Waals surface area contributed by atoms with Crippen molar-refractivity contribution in [2.45, 2.75) is 44.9 Å². The third-order valence-electron chi connectivity index (χ3n) is 3.46. The van der Waals surface area contributed by atoms with Crippen LogP contribution in [0, 0.1) is 0 Å². The number of carboxylic acid groups (broad SMARTS) is 1. The molecular weight excluding hydrogens is 328 g/mol. The molecule has 1 aromatic rings. The number of hydrogen-bond acceptors (Lipinski definition) is 6. The molecule has 136 valence electrons. The number of ether oxygens (including phenoxy) is 2. The van der Waals surface area contributed by atoms with Gasteiger partial charge in [-0.3, -0.25) is 15.3 Å². The summed E-state index contributed by atoms with van der Waals surface area (Å²) in [5.74, 6) is -2.20. The predicted octanol–water partition coefficient (Wildman–Crippen LogP) is 1.27. The Balaban J connectivity index is 2.38. The van der Waals surface area contributed by atoms with Gasteiger partial charge in [-0.25, -0.2) is 4.79 Å². The number of carbonyl (C=O) groups is 3. The third kappa shape index (κ3) is 4.48. The number of nitrogens with zero attached hydrogens (tertiary/aromatic N) is 1. The lowest BCUT2D eigenvalue weighted by molar-refractivity contribution is -0.175. The van der Waals surface area contributed by atoms with Crippen LogP contribution in [0.2, 0.25) is 0 Å². The van der Waals surface area contributed by atoms with Gasteiger partial charge in [0, 0.05) is 6.54 Å². The molecule has 0 saturated heterocycles. The third-order valence-corrected chi connectivity index (χ3v) is 3.46. The first kappa shape index (κ1) is 18.7. The Labute approximate surface area is 145 Å². The van der Waals surface area contributed by atoms with Crippen LogP contribution in [0.25, 0.3) is 0 Å². The maximum Gasteiger partial charge on any atom is 0.367 e. The first-order chi connectivity index (χ1) is 11.5. The van der Waals surface area contributed by atoms with Crippen LogP contribution >= 0.6 is 0 Å². The standard InChI is InChI=1S/C17H22N2O6/c1-16(2,3)25-15(23)17(18)10-13(20)19(9-8-14(21)22)11-6-4-5-7-12(11)24-17/h4-7H,8-10,18H2,1-3H3,(H,21,22). The largest absolute Gasteiger partial charge is 0.481 e. The number of amides is 1. The molecule has 3 N–H and O–H groups in total. The van der Waals surface area contributed by atoms with E-state index in [4.69, 9.17) is 20.3 Å². The highest BCUT2D eigenvalue weighted by molar-refractivity contribution is 6.00. The summed E-state index contributed by atoms with van der Waals surface area (Å²) >= 11 is 0. The molecular formula is C17H22N2O6. The van der Waals surface area contributed by atoms with Gasteiger partial charge in [0.2, 0.25) is 5.91 Å². The fourth-order valence-corrected chi connectivity index (χ4v) is 2.38. The summed E-state index contributed by atoms with van der Waals surface area (Å²) in [6, 6.07) is 6.52. The van der Waals surface area contributed by atoms with Gasteiger partial charge >= 0.3 is 11.9 Å². The summed E-state index contributed by atoms with van der Waals surface area (Å²) in [6.07, 6.45) is -0.708. The molecule has 0 aliphatic carbocycles. The van der Waals surface area contributed by atoms with Gasteiger partial charge in [-0.15, -0.1) is 0 Å². The molecule has 1 heterocycles. The first-order valence-electron chi connectivity index (χ1n) is 7.84. The van der Waals surface area contributed by atoms with Gasteiger partial charge in [0.1, 0.15) is 11.4 Å². The predicted molar refractivity (Wildman–Crippen MR) is 89.1 cm³/mol. The molecule has 0 saturated carbocycles. The minimum Gasteiger partial charge on any atom is -0.481 e. The van der Waals surface area contributed by atoms with Gasteiger partial charge in [0.05, 0.1) is 18.5 Å². The molecule has 1 amide bonds. The summed E-state index contributed by atoms with van der Waals surface area (Å²) in [7, 11) is 0. The van der Waals surface area contributed by atoms with E-state index in [0.717, 1.165) is 0 Å². The van der Waals surface area contributed by atoms with Crippen LogP contribution in [0.15, 0.2) is 24.3 Å². The molecule has 0 aromatic heterocycles. The monoisotopic (exact) mass is 350 g/mol. The molecule has 0 radical (unpaired) electrons. The van der Waals surface area contributed by atoms with Crippen LogP contribution in [0.5, 0.6) is 5.75 Å². The number of carboxylic acids is 1. The van der Waals surface area contributed by atoms with Crippen molar-refractivity contribution < 1.29 is 29.0 Å². The summed E-state index contributed by atoms with van der Waals surface area (Å²) in [6.45, 7) is 4.98. The van der Waals surface area contributed by atoms with E-state index in [9.17, 15) is 14.4 Å². The van der Waals surface area contributed by atoms with Gasteiger partial charge in [0.25, 0.3) is 5.72 Å². The fourth-order valence-electron chi connectivity index (χ4n) is 2.38. The smallest absolute Gasteiger partial charge is 0.367 e. The van der Waals surface area contributed by atoms with Crippen molar-refractivity contribution in [3.8, 4) is 5.75 Å². The van der Waals surface area contributed by atoms with Crippen LogP contribution in [-0.4, -0.2) is 40.8 Å². The van der Waals surface area contributed by atoms with Crippen molar-refractivity contribution in [1.82, 2.24) is 0 Å². The number of esters is 1. The van der Waals surface area contributed by atoms with E-state index in [1.54, 1.807) is 45.0 Å². The lowest BCUT2D eigenvalue weighted by Gasteiger charge is -2.29. The van der Waals surface area contributed by atoms with E-state index in [0.29, 0.717) is 5.69 Å². The zero-order valence-electron chi connectivity index (χ0n) is 14.4. The van der Waals surface area contributed by atoms with Gasteiger partial charge in [0.15, 0.2) is 0 Å². The van der Waals surface area contributed by atoms with Crippen molar-refractivity contribution >= 4 is 23.5 Å². The van der Waals surface area contributed by atoms with Gasteiger partial charge in [-0.1, -0.05) is 12.1 Å². The molecule has 1 aliphatic heterocycles. The molecule has 0 fully saturated rings. The lowest BCUT2D eigenvalue weighted by atomic mass is 10.1. The molecule has 2 rings (SSSR count). The number of para-hydroxylation sites is 2. The topological polar surface area (TPSA) is 119 Å². The molecule has 8 heteroatoms. The van der Waals surface area contributed by atoms with Gasteiger partial charge in [-0.05, 0) is 32.9 Å². The van der Waals surface area contributed by atoms with Crippen molar-refractivity contribution in [1.29, 1.82) is 0 Å². The second kappa shape index (κ2) is 6.72. The minimum atomic E-state index is -1.99. The average Bonchev–Trinajstić information content (AvgIpc) is 2.57. The van der Waals surface area contributed by atoms with Crippen molar-refractivity contribution in [3.05, 3.63) is 24.3 Å². The van der Waals surface area contributed by atoms with Gasteiger partial charge in [-0.2, -0.15) is 0 Å². The lowest BCUT2D eigenvalue weighted by Crippen LogP contribution is -2.57. The van der Waals surface area contributed by atoms with E-state index in [1.165, 1.54) is 4.90 Å². The number of fused-ring (bicyclic) bond motifs is 1. The van der Waals surface area contributed by atoms with Crippen LogP contribution in [-0.2, 0) is 19.1 Å². The normalized spacial score (nSPS) is 20.3. The Bertz CT molecular complexity index is 697. The van der Waals surface area contributed by atoms with Crippen molar-refractivity contribution in [2.24, 2.45) is 5.73 Å². The Kier molecular flexibility index (Phi) is 5.03. The molecule has 25 heavy (non-hydrogen) atoms. The van der Waals surface area contributed by atoms with Crippen molar-refractivity contribution in [3.63, 3.8) is 0 Å². The van der Waals surface area contributed by atoms with E-state index < -0.39 is 35.6 Å². The van der Waals surface area contributed by atoms with Crippen LogP contribution < -0.4 is 15.4 Å². The molecule has 8 nitrogen and oxygen atoms in total. The highest BCUT2D eigenvalue weighted by Gasteiger charge is 2.46. The molecule has 0 bridgehead atoms. The van der Waals surface area contributed by atoms with E-state index >= 15 is 0 Å². The van der Waals surface area contributed by atoms with Gasteiger partial charge < -0.3 is 19.5 Å². The Morgan fingerprint density at radius 1 is 1.36 bits per heavy atom. The number of nitrogens with two attached hydrogens (primary N) is 1. The van der Waals surface area contributed by atoms with Crippen LogP contribution in [0.4, 0.5) is 5.69 Å². The number of aliphatic carboxylic acids is 1. The maximum atomic E-state index is 12.6. The van der Waals surface area contributed by atoms with E-state index in [-0.39, 0.29) is 18.7 Å². The average molecular weight is 350 g/mol. The Hall–Kier alpha value is -2.61. The summed E-state index contributed by atoms with van der Waals surface area (Å²) in [5.41, 5.74) is 3.65. The quantitative estimate of drug-likeness (QED) is 0.785. The van der Waals surface area contributed by atoms with E-state index in [2.05, 4.69) is 0 Å². The maximum absolute atomic E-state index is 12.6. The number of anilines is 1. The second-order valence-corrected chi connectivity index (χ2v) is 6.83. The van der Waals surface area contributed by atoms with E-state index in [1.807, 2.05) is 0 Å². The summed E-state index contributed by atoms with van der Waals surface area (Å²) in [5, 5.41) is 8.90. The molecule has 1 aromatic carbocycles. The first-order valence-corrected chi connectivity index (χ1v) is 7.84. The van der Waals surface area contributed by atoms with Crippen LogP contribution in [0.3, 0.4) is 0 Å². The molecule has 0 spiro atoms. The summed E-state index contributed by atoms with van der Waals surface area (Å²) in [4.78, 5) is 37.3. The minimum absolute atomic E-state index is 0.0566. The highest BCUT2D eigenvalue weighted by atomic mass is 16.6. The number of hydrogen-bond donors (Lipinski definition) is 2. The molecule has 1 atom stereocenters. The summed E-state index contributed by atoms with van der Waals surface area (Å²) < 4.78 is 10.9.